The summed E-state index contributed by atoms with van der Waals surface area (Å²) in [5.74, 6) is 0.615. The van der Waals surface area contributed by atoms with Crippen LogP contribution >= 0.6 is 0 Å². The van der Waals surface area contributed by atoms with Gasteiger partial charge in [0.05, 0.1) is 18.8 Å². The standard InChI is InChI=1S/C16H23NO4/c1-3-13-4-6-14(7-5-13)20-11-16(19)17-8-12(2)21-15(9-17)10-18/h4-7,12,15,18H,3,8-11H2,1-2H3. The van der Waals surface area contributed by atoms with Gasteiger partial charge in [0, 0.05) is 13.1 Å². The molecule has 116 valence electrons. The van der Waals surface area contributed by atoms with Gasteiger partial charge >= 0.3 is 0 Å². The minimum Gasteiger partial charge on any atom is -0.484 e. The normalized spacial score (nSPS) is 22.1. The summed E-state index contributed by atoms with van der Waals surface area (Å²) >= 11 is 0. The molecule has 1 saturated heterocycles. The van der Waals surface area contributed by atoms with Gasteiger partial charge in [-0.1, -0.05) is 19.1 Å². The first-order valence-corrected chi connectivity index (χ1v) is 7.38. The van der Waals surface area contributed by atoms with E-state index in [1.807, 2.05) is 31.2 Å². The molecular weight excluding hydrogens is 270 g/mol. The number of carbonyl (C=O) groups excluding carboxylic acids is 1. The van der Waals surface area contributed by atoms with Crippen LogP contribution in [0.2, 0.25) is 0 Å². The lowest BCUT2D eigenvalue weighted by atomic mass is 10.2. The van der Waals surface area contributed by atoms with Gasteiger partial charge in [0.1, 0.15) is 5.75 Å². The fourth-order valence-electron chi connectivity index (χ4n) is 2.41. The van der Waals surface area contributed by atoms with Gasteiger partial charge in [-0.2, -0.15) is 0 Å². The number of hydrogen-bond acceptors (Lipinski definition) is 4. The van der Waals surface area contributed by atoms with E-state index < -0.39 is 0 Å². The summed E-state index contributed by atoms with van der Waals surface area (Å²) in [6.07, 6.45) is 0.609. The van der Waals surface area contributed by atoms with Crippen LogP contribution in [0.15, 0.2) is 24.3 Å². The highest BCUT2D eigenvalue weighted by molar-refractivity contribution is 5.78. The minimum absolute atomic E-state index is 0.0103. The van der Waals surface area contributed by atoms with Crippen LogP contribution in [0.4, 0.5) is 0 Å². The van der Waals surface area contributed by atoms with Crippen LogP contribution in [0.5, 0.6) is 5.75 Å². The largest absolute Gasteiger partial charge is 0.484 e. The molecule has 0 saturated carbocycles. The molecule has 5 nitrogen and oxygen atoms in total. The number of carbonyl (C=O) groups is 1. The Hall–Kier alpha value is -1.59. The number of morpholine rings is 1. The number of hydrogen-bond donors (Lipinski definition) is 1. The van der Waals surface area contributed by atoms with Gasteiger partial charge < -0.3 is 19.5 Å². The fourth-order valence-corrected chi connectivity index (χ4v) is 2.41. The van der Waals surface area contributed by atoms with Crippen molar-refractivity contribution in [3.05, 3.63) is 29.8 Å². The second kappa shape index (κ2) is 7.43. The number of aryl methyl sites for hydroxylation is 1. The lowest BCUT2D eigenvalue weighted by Gasteiger charge is -2.36. The number of ether oxygens (including phenoxy) is 2. The summed E-state index contributed by atoms with van der Waals surface area (Å²) in [5.41, 5.74) is 1.24. The van der Waals surface area contributed by atoms with Crippen molar-refractivity contribution in [1.29, 1.82) is 0 Å². The Kier molecular flexibility index (Phi) is 5.59. The Morgan fingerprint density at radius 3 is 2.71 bits per heavy atom. The zero-order valence-corrected chi connectivity index (χ0v) is 12.6. The summed E-state index contributed by atoms with van der Waals surface area (Å²) in [7, 11) is 0. The van der Waals surface area contributed by atoms with Crippen molar-refractivity contribution >= 4 is 5.91 Å². The van der Waals surface area contributed by atoms with Crippen LogP contribution in [0.1, 0.15) is 19.4 Å². The van der Waals surface area contributed by atoms with Gasteiger partial charge in [0.2, 0.25) is 0 Å². The highest BCUT2D eigenvalue weighted by Crippen LogP contribution is 2.14. The Bertz CT molecular complexity index is 460. The first-order valence-electron chi connectivity index (χ1n) is 7.38. The molecule has 1 N–H and O–H groups in total. The molecule has 1 amide bonds. The zero-order chi connectivity index (χ0) is 15.2. The number of benzene rings is 1. The van der Waals surface area contributed by atoms with Gasteiger partial charge in [-0.15, -0.1) is 0 Å². The zero-order valence-electron chi connectivity index (χ0n) is 12.6. The number of nitrogens with zero attached hydrogens (tertiary/aromatic N) is 1. The summed E-state index contributed by atoms with van der Waals surface area (Å²) in [6.45, 7) is 4.87. The van der Waals surface area contributed by atoms with Crippen LogP contribution in [0, 0.1) is 0 Å². The van der Waals surface area contributed by atoms with Crippen molar-refractivity contribution in [2.45, 2.75) is 32.5 Å². The Balaban J connectivity index is 1.85. The molecule has 1 aromatic rings. The van der Waals surface area contributed by atoms with Crippen LogP contribution in [0.25, 0.3) is 0 Å². The van der Waals surface area contributed by atoms with Crippen LogP contribution in [0.3, 0.4) is 0 Å². The first-order chi connectivity index (χ1) is 10.1. The molecular formula is C16H23NO4. The molecule has 0 bridgehead atoms. The molecule has 1 fully saturated rings. The van der Waals surface area contributed by atoms with Crippen LogP contribution in [-0.4, -0.2) is 54.4 Å². The van der Waals surface area contributed by atoms with E-state index in [9.17, 15) is 9.90 Å². The summed E-state index contributed by atoms with van der Waals surface area (Å²) < 4.78 is 11.0. The fraction of sp³-hybridized carbons (Fsp3) is 0.562. The van der Waals surface area contributed by atoms with Gasteiger partial charge in [-0.25, -0.2) is 0 Å². The van der Waals surface area contributed by atoms with E-state index in [0.29, 0.717) is 18.8 Å². The predicted octanol–water partition coefficient (Wildman–Crippen LogP) is 1.24. The van der Waals surface area contributed by atoms with Crippen LogP contribution < -0.4 is 4.74 Å². The average molecular weight is 293 g/mol. The average Bonchev–Trinajstić information content (AvgIpc) is 2.52. The molecule has 0 radical (unpaired) electrons. The van der Waals surface area contributed by atoms with Crippen molar-refractivity contribution in [2.24, 2.45) is 0 Å². The maximum Gasteiger partial charge on any atom is 0.260 e. The predicted molar refractivity (Wildman–Crippen MR) is 79.3 cm³/mol. The highest BCUT2D eigenvalue weighted by Gasteiger charge is 2.27. The third-order valence-electron chi connectivity index (χ3n) is 3.58. The highest BCUT2D eigenvalue weighted by atomic mass is 16.5. The van der Waals surface area contributed by atoms with Crippen molar-refractivity contribution in [3.63, 3.8) is 0 Å². The second-order valence-electron chi connectivity index (χ2n) is 5.34. The summed E-state index contributed by atoms with van der Waals surface area (Å²) in [6, 6.07) is 7.76. The maximum atomic E-state index is 12.2. The maximum absolute atomic E-state index is 12.2. The number of amides is 1. The smallest absolute Gasteiger partial charge is 0.260 e. The number of aliphatic hydroxyl groups excluding tert-OH is 1. The molecule has 1 aliphatic heterocycles. The van der Waals surface area contributed by atoms with E-state index in [1.165, 1.54) is 5.56 Å². The lowest BCUT2D eigenvalue weighted by molar-refractivity contribution is -0.149. The van der Waals surface area contributed by atoms with Gasteiger partial charge in [-0.05, 0) is 31.0 Å². The summed E-state index contributed by atoms with van der Waals surface area (Å²) in [4.78, 5) is 13.9. The Morgan fingerprint density at radius 1 is 1.38 bits per heavy atom. The number of aliphatic hydroxyl groups is 1. The van der Waals surface area contributed by atoms with E-state index in [2.05, 4.69) is 6.92 Å². The first kappa shape index (κ1) is 15.8. The van der Waals surface area contributed by atoms with E-state index in [1.54, 1.807) is 4.90 Å². The third-order valence-corrected chi connectivity index (χ3v) is 3.58. The lowest BCUT2D eigenvalue weighted by Crippen LogP contribution is -2.51. The molecule has 2 rings (SSSR count). The molecule has 2 atom stereocenters. The second-order valence-corrected chi connectivity index (χ2v) is 5.34. The van der Waals surface area contributed by atoms with Gasteiger partial charge in [0.25, 0.3) is 5.91 Å². The monoisotopic (exact) mass is 293 g/mol. The quantitative estimate of drug-likeness (QED) is 0.887. The van der Waals surface area contributed by atoms with Crippen LogP contribution in [-0.2, 0) is 16.0 Å². The van der Waals surface area contributed by atoms with Gasteiger partial charge in [0.15, 0.2) is 6.61 Å². The molecule has 1 aliphatic rings. The summed E-state index contributed by atoms with van der Waals surface area (Å²) in [5, 5.41) is 9.17. The SMILES string of the molecule is CCc1ccc(OCC(=O)N2CC(C)OC(CO)C2)cc1. The molecule has 21 heavy (non-hydrogen) atoms. The topological polar surface area (TPSA) is 59.0 Å². The molecule has 5 heteroatoms. The molecule has 0 spiro atoms. The molecule has 0 aliphatic carbocycles. The number of rotatable bonds is 5. The molecule has 0 aromatic heterocycles. The Morgan fingerprint density at radius 2 is 2.10 bits per heavy atom. The van der Waals surface area contributed by atoms with Gasteiger partial charge in [-0.3, -0.25) is 4.79 Å². The van der Waals surface area contributed by atoms with Crippen molar-refractivity contribution < 1.29 is 19.4 Å². The Labute approximate surface area is 125 Å². The van der Waals surface area contributed by atoms with Crippen molar-refractivity contribution in [1.82, 2.24) is 4.90 Å². The van der Waals surface area contributed by atoms with E-state index >= 15 is 0 Å². The third kappa shape index (κ3) is 4.44. The van der Waals surface area contributed by atoms with Crippen molar-refractivity contribution in [2.75, 3.05) is 26.3 Å². The minimum atomic E-state index is -0.304. The van der Waals surface area contributed by atoms with E-state index in [-0.39, 0.29) is 31.3 Å². The van der Waals surface area contributed by atoms with E-state index in [0.717, 1.165) is 6.42 Å². The van der Waals surface area contributed by atoms with E-state index in [4.69, 9.17) is 9.47 Å². The molecule has 1 aromatic carbocycles. The van der Waals surface area contributed by atoms with Crippen molar-refractivity contribution in [3.8, 4) is 5.75 Å². The molecule has 2 unspecified atom stereocenters. The molecule has 1 heterocycles.